The standard InChI is InChI=1S/C9H5BrFN3O2/c10-7-1-2-14(13-7)8-3-5(9(15)16)6(11)4-12-8/h1-4H,(H,15,16). The minimum atomic E-state index is -1.34. The maximum atomic E-state index is 13.1. The molecule has 0 radical (unpaired) electrons. The van der Waals surface area contributed by atoms with Gasteiger partial charge >= 0.3 is 5.97 Å². The molecule has 0 spiro atoms. The van der Waals surface area contributed by atoms with Gasteiger partial charge in [0.2, 0.25) is 0 Å². The van der Waals surface area contributed by atoms with E-state index in [9.17, 15) is 9.18 Å². The predicted octanol–water partition coefficient (Wildman–Crippen LogP) is 1.87. The van der Waals surface area contributed by atoms with Crippen molar-refractivity contribution in [2.75, 3.05) is 0 Å². The van der Waals surface area contributed by atoms with Crippen LogP contribution in [-0.4, -0.2) is 25.8 Å². The van der Waals surface area contributed by atoms with Crippen LogP contribution in [0.4, 0.5) is 4.39 Å². The Morgan fingerprint density at radius 3 is 2.88 bits per heavy atom. The van der Waals surface area contributed by atoms with Crippen LogP contribution in [0.25, 0.3) is 5.82 Å². The highest BCUT2D eigenvalue weighted by atomic mass is 79.9. The number of carboxylic acid groups (broad SMARTS) is 1. The second-order valence-corrected chi connectivity index (χ2v) is 3.72. The van der Waals surface area contributed by atoms with Crippen LogP contribution in [0.3, 0.4) is 0 Å². The molecule has 0 aliphatic rings. The fourth-order valence-corrected chi connectivity index (χ4v) is 1.44. The molecule has 5 nitrogen and oxygen atoms in total. The highest BCUT2D eigenvalue weighted by Crippen LogP contribution is 2.13. The van der Waals surface area contributed by atoms with E-state index in [0.29, 0.717) is 4.60 Å². The normalized spacial score (nSPS) is 10.4. The third kappa shape index (κ3) is 1.94. The first-order chi connectivity index (χ1) is 7.58. The third-order valence-electron chi connectivity index (χ3n) is 1.86. The van der Waals surface area contributed by atoms with E-state index in [2.05, 4.69) is 26.0 Å². The fourth-order valence-electron chi connectivity index (χ4n) is 1.15. The van der Waals surface area contributed by atoms with E-state index in [4.69, 9.17) is 5.11 Å². The van der Waals surface area contributed by atoms with Crippen molar-refractivity contribution in [3.05, 3.63) is 40.5 Å². The third-order valence-corrected chi connectivity index (χ3v) is 2.29. The first-order valence-corrected chi connectivity index (χ1v) is 4.97. The molecular weight excluding hydrogens is 281 g/mol. The monoisotopic (exact) mass is 285 g/mol. The number of aromatic carboxylic acids is 1. The molecule has 0 saturated heterocycles. The second kappa shape index (κ2) is 4.01. The Balaban J connectivity index is 2.51. The zero-order valence-corrected chi connectivity index (χ0v) is 9.35. The smallest absolute Gasteiger partial charge is 0.338 e. The molecule has 1 N–H and O–H groups in total. The zero-order valence-electron chi connectivity index (χ0n) is 7.76. The summed E-state index contributed by atoms with van der Waals surface area (Å²) in [5, 5.41) is 12.7. The Labute approximate surface area is 97.7 Å². The molecule has 0 bridgehead atoms. The molecule has 2 aromatic heterocycles. The zero-order chi connectivity index (χ0) is 11.7. The predicted molar refractivity (Wildman–Crippen MR) is 56.0 cm³/mol. The maximum Gasteiger partial charge on any atom is 0.338 e. The molecule has 0 saturated carbocycles. The summed E-state index contributed by atoms with van der Waals surface area (Å²) in [4.78, 5) is 14.5. The van der Waals surface area contributed by atoms with Crippen LogP contribution in [-0.2, 0) is 0 Å². The van der Waals surface area contributed by atoms with Gasteiger partial charge in [0.1, 0.15) is 10.2 Å². The van der Waals surface area contributed by atoms with Crippen LogP contribution >= 0.6 is 15.9 Å². The second-order valence-electron chi connectivity index (χ2n) is 2.91. The van der Waals surface area contributed by atoms with Crippen LogP contribution in [0.2, 0.25) is 0 Å². The largest absolute Gasteiger partial charge is 0.478 e. The Bertz CT molecular complexity index is 555. The van der Waals surface area contributed by atoms with Crippen LogP contribution in [0.1, 0.15) is 10.4 Å². The van der Waals surface area contributed by atoms with Crippen LogP contribution in [0.5, 0.6) is 0 Å². The van der Waals surface area contributed by atoms with Crippen LogP contribution < -0.4 is 0 Å². The Morgan fingerprint density at radius 2 is 2.31 bits per heavy atom. The lowest BCUT2D eigenvalue weighted by Gasteiger charge is -2.02. The fraction of sp³-hybridized carbons (Fsp3) is 0. The Kier molecular flexibility index (Phi) is 2.69. The van der Waals surface area contributed by atoms with Gasteiger partial charge in [-0.3, -0.25) is 0 Å². The number of carboxylic acids is 1. The van der Waals surface area contributed by atoms with Crippen molar-refractivity contribution in [3.8, 4) is 5.82 Å². The van der Waals surface area contributed by atoms with E-state index >= 15 is 0 Å². The van der Waals surface area contributed by atoms with Gasteiger partial charge in [0, 0.05) is 12.3 Å². The number of hydrogen-bond donors (Lipinski definition) is 1. The molecule has 0 fully saturated rings. The molecule has 0 aromatic carbocycles. The first-order valence-electron chi connectivity index (χ1n) is 4.18. The lowest BCUT2D eigenvalue weighted by Crippen LogP contribution is -2.05. The van der Waals surface area contributed by atoms with Crippen molar-refractivity contribution in [2.24, 2.45) is 0 Å². The number of carbonyl (C=O) groups is 1. The molecule has 0 atom stereocenters. The van der Waals surface area contributed by atoms with Crippen molar-refractivity contribution < 1.29 is 14.3 Å². The van der Waals surface area contributed by atoms with Gasteiger partial charge in [-0.2, -0.15) is 5.10 Å². The summed E-state index contributed by atoms with van der Waals surface area (Å²) in [5.74, 6) is -1.97. The van der Waals surface area contributed by atoms with Crippen molar-refractivity contribution in [1.29, 1.82) is 0 Å². The van der Waals surface area contributed by atoms with Gasteiger partial charge in [0.15, 0.2) is 11.6 Å². The number of rotatable bonds is 2. The molecule has 2 rings (SSSR count). The molecule has 7 heteroatoms. The lowest BCUT2D eigenvalue weighted by atomic mass is 10.2. The summed E-state index contributed by atoms with van der Waals surface area (Å²) in [6.07, 6.45) is 2.43. The van der Waals surface area contributed by atoms with E-state index in [0.717, 1.165) is 12.3 Å². The van der Waals surface area contributed by atoms with Gasteiger partial charge in [-0.05, 0) is 22.0 Å². The minimum absolute atomic E-state index is 0.240. The van der Waals surface area contributed by atoms with E-state index in [1.807, 2.05) is 0 Å². The summed E-state index contributed by atoms with van der Waals surface area (Å²) in [5.41, 5.74) is -0.434. The quantitative estimate of drug-likeness (QED) is 0.915. The molecule has 2 aromatic rings. The minimum Gasteiger partial charge on any atom is -0.478 e. The Morgan fingerprint density at radius 1 is 1.56 bits per heavy atom. The average Bonchev–Trinajstić information content (AvgIpc) is 2.65. The highest BCUT2D eigenvalue weighted by Gasteiger charge is 2.12. The van der Waals surface area contributed by atoms with Crippen molar-refractivity contribution in [2.45, 2.75) is 0 Å². The molecule has 0 aliphatic carbocycles. The summed E-state index contributed by atoms with van der Waals surface area (Å²) in [6.45, 7) is 0. The summed E-state index contributed by atoms with van der Waals surface area (Å²) < 4.78 is 15.0. The maximum absolute atomic E-state index is 13.1. The molecule has 0 unspecified atom stereocenters. The van der Waals surface area contributed by atoms with E-state index < -0.39 is 17.3 Å². The number of halogens is 2. The highest BCUT2D eigenvalue weighted by molar-refractivity contribution is 9.10. The van der Waals surface area contributed by atoms with E-state index in [-0.39, 0.29) is 5.82 Å². The van der Waals surface area contributed by atoms with E-state index in [1.54, 1.807) is 12.3 Å². The molecule has 82 valence electrons. The van der Waals surface area contributed by atoms with Gasteiger partial charge in [0.05, 0.1) is 6.20 Å². The van der Waals surface area contributed by atoms with E-state index in [1.165, 1.54) is 4.68 Å². The van der Waals surface area contributed by atoms with Crippen molar-refractivity contribution in [1.82, 2.24) is 14.8 Å². The van der Waals surface area contributed by atoms with Crippen LogP contribution in [0.15, 0.2) is 29.1 Å². The molecule has 2 heterocycles. The van der Waals surface area contributed by atoms with Crippen molar-refractivity contribution in [3.63, 3.8) is 0 Å². The summed E-state index contributed by atoms with van der Waals surface area (Å²) in [7, 11) is 0. The Hall–Kier alpha value is -1.76. The number of hydrogen-bond acceptors (Lipinski definition) is 3. The average molecular weight is 286 g/mol. The SMILES string of the molecule is O=C(O)c1cc(-n2ccc(Br)n2)ncc1F. The van der Waals surface area contributed by atoms with Crippen molar-refractivity contribution >= 4 is 21.9 Å². The number of pyridine rings is 1. The van der Waals surface area contributed by atoms with Gasteiger partial charge in [-0.15, -0.1) is 0 Å². The topological polar surface area (TPSA) is 68.0 Å². The summed E-state index contributed by atoms with van der Waals surface area (Å²) >= 11 is 3.14. The molecular formula is C9H5BrFN3O2. The summed E-state index contributed by atoms with van der Waals surface area (Å²) in [6, 6.07) is 2.78. The molecule has 16 heavy (non-hydrogen) atoms. The molecule has 0 aliphatic heterocycles. The first kappa shape index (κ1) is 10.7. The van der Waals surface area contributed by atoms with Gasteiger partial charge < -0.3 is 5.11 Å². The van der Waals surface area contributed by atoms with Gasteiger partial charge in [-0.1, -0.05) is 0 Å². The van der Waals surface area contributed by atoms with Crippen LogP contribution in [0, 0.1) is 5.82 Å². The molecule has 0 amide bonds. The number of nitrogens with zero attached hydrogens (tertiary/aromatic N) is 3. The van der Waals surface area contributed by atoms with Gasteiger partial charge in [0.25, 0.3) is 0 Å². The van der Waals surface area contributed by atoms with Gasteiger partial charge in [-0.25, -0.2) is 18.9 Å². The lowest BCUT2D eigenvalue weighted by molar-refractivity contribution is 0.0691. The number of aromatic nitrogens is 3.